The predicted octanol–water partition coefficient (Wildman–Crippen LogP) is 2.97. The highest BCUT2D eigenvalue weighted by molar-refractivity contribution is 6.09. The lowest BCUT2D eigenvalue weighted by atomic mass is 10.1. The van der Waals surface area contributed by atoms with Gasteiger partial charge >= 0.3 is 0 Å². The first-order valence-corrected chi connectivity index (χ1v) is 6.49. The van der Waals surface area contributed by atoms with Crippen LogP contribution in [-0.4, -0.2) is 26.0 Å². The SMILES string of the molecule is CN1CCN(C(=N)c2ccccc2)c2ccccc21. The summed E-state index contributed by atoms with van der Waals surface area (Å²) in [5, 5.41) is 8.43. The first-order chi connectivity index (χ1) is 9.27. The number of rotatable bonds is 1. The Morgan fingerprint density at radius 3 is 2.26 bits per heavy atom. The summed E-state index contributed by atoms with van der Waals surface area (Å²) in [6.07, 6.45) is 0. The minimum absolute atomic E-state index is 0.571. The zero-order valence-corrected chi connectivity index (χ0v) is 11.0. The van der Waals surface area contributed by atoms with Crippen molar-refractivity contribution in [2.75, 3.05) is 29.9 Å². The van der Waals surface area contributed by atoms with Crippen molar-refractivity contribution in [3.05, 3.63) is 60.2 Å². The summed E-state index contributed by atoms with van der Waals surface area (Å²) < 4.78 is 0. The van der Waals surface area contributed by atoms with Gasteiger partial charge in [-0.2, -0.15) is 0 Å². The van der Waals surface area contributed by atoms with E-state index in [9.17, 15) is 0 Å². The zero-order chi connectivity index (χ0) is 13.2. The van der Waals surface area contributed by atoms with E-state index in [-0.39, 0.29) is 0 Å². The Morgan fingerprint density at radius 2 is 1.53 bits per heavy atom. The van der Waals surface area contributed by atoms with E-state index in [1.807, 2.05) is 42.5 Å². The van der Waals surface area contributed by atoms with Crippen molar-refractivity contribution in [3.63, 3.8) is 0 Å². The molecule has 96 valence electrons. The number of nitrogens with zero attached hydrogens (tertiary/aromatic N) is 2. The minimum Gasteiger partial charge on any atom is -0.371 e. The predicted molar refractivity (Wildman–Crippen MR) is 80.3 cm³/mol. The summed E-state index contributed by atoms with van der Waals surface area (Å²) >= 11 is 0. The third-order valence-corrected chi connectivity index (χ3v) is 3.56. The molecule has 2 aromatic carbocycles. The van der Waals surface area contributed by atoms with E-state index in [0.29, 0.717) is 5.84 Å². The van der Waals surface area contributed by atoms with Gasteiger partial charge in [0, 0.05) is 25.7 Å². The van der Waals surface area contributed by atoms with Crippen molar-refractivity contribution in [1.29, 1.82) is 5.41 Å². The van der Waals surface area contributed by atoms with Crippen LogP contribution in [0.1, 0.15) is 5.56 Å². The molecule has 1 aliphatic rings. The monoisotopic (exact) mass is 251 g/mol. The first-order valence-electron chi connectivity index (χ1n) is 6.49. The van der Waals surface area contributed by atoms with Gasteiger partial charge in [0.05, 0.1) is 11.4 Å². The molecule has 3 nitrogen and oxygen atoms in total. The fourth-order valence-electron chi connectivity index (χ4n) is 2.49. The fourth-order valence-corrected chi connectivity index (χ4v) is 2.49. The molecule has 1 aliphatic heterocycles. The molecule has 2 aromatic rings. The van der Waals surface area contributed by atoms with E-state index in [4.69, 9.17) is 5.41 Å². The third-order valence-electron chi connectivity index (χ3n) is 3.56. The van der Waals surface area contributed by atoms with Crippen LogP contribution in [0.2, 0.25) is 0 Å². The van der Waals surface area contributed by atoms with Gasteiger partial charge < -0.3 is 9.80 Å². The highest BCUT2D eigenvalue weighted by Gasteiger charge is 2.23. The van der Waals surface area contributed by atoms with Crippen molar-refractivity contribution >= 4 is 17.2 Å². The van der Waals surface area contributed by atoms with E-state index < -0.39 is 0 Å². The normalized spacial score (nSPS) is 14.2. The summed E-state index contributed by atoms with van der Waals surface area (Å²) in [6, 6.07) is 18.2. The lowest BCUT2D eigenvalue weighted by Crippen LogP contribution is -2.42. The average Bonchev–Trinajstić information content (AvgIpc) is 2.48. The van der Waals surface area contributed by atoms with Crippen molar-refractivity contribution in [2.45, 2.75) is 0 Å². The molecule has 0 fully saturated rings. The van der Waals surface area contributed by atoms with Gasteiger partial charge in [0.1, 0.15) is 5.84 Å². The van der Waals surface area contributed by atoms with Gasteiger partial charge in [-0.25, -0.2) is 0 Å². The lowest BCUT2D eigenvalue weighted by molar-refractivity contribution is 0.832. The summed E-state index contributed by atoms with van der Waals surface area (Å²) in [6.45, 7) is 1.79. The molecule has 0 unspecified atom stereocenters. The number of nitrogens with one attached hydrogen (secondary N) is 1. The Balaban J connectivity index is 1.99. The van der Waals surface area contributed by atoms with Crippen LogP contribution in [0.25, 0.3) is 0 Å². The fraction of sp³-hybridized carbons (Fsp3) is 0.188. The molecule has 0 bridgehead atoms. The Bertz CT molecular complexity index is 592. The van der Waals surface area contributed by atoms with E-state index in [0.717, 1.165) is 24.3 Å². The molecular weight excluding hydrogens is 234 g/mol. The van der Waals surface area contributed by atoms with Crippen LogP contribution in [-0.2, 0) is 0 Å². The van der Waals surface area contributed by atoms with Crippen LogP contribution in [0.3, 0.4) is 0 Å². The Kier molecular flexibility index (Phi) is 2.95. The maximum absolute atomic E-state index is 8.43. The molecule has 0 spiro atoms. The van der Waals surface area contributed by atoms with Gasteiger partial charge in [-0.15, -0.1) is 0 Å². The molecule has 0 aliphatic carbocycles. The smallest absolute Gasteiger partial charge is 0.132 e. The second kappa shape index (κ2) is 4.76. The number of likely N-dealkylation sites (N-methyl/N-ethyl adjacent to an activating group) is 1. The van der Waals surface area contributed by atoms with E-state index >= 15 is 0 Å². The van der Waals surface area contributed by atoms with Gasteiger partial charge in [-0.3, -0.25) is 5.41 Å². The quantitative estimate of drug-likeness (QED) is 0.624. The maximum atomic E-state index is 8.43. The Morgan fingerprint density at radius 1 is 0.895 bits per heavy atom. The summed E-state index contributed by atoms with van der Waals surface area (Å²) in [5.74, 6) is 0.571. The largest absolute Gasteiger partial charge is 0.371 e. The molecule has 0 amide bonds. The summed E-state index contributed by atoms with van der Waals surface area (Å²) in [7, 11) is 2.10. The van der Waals surface area contributed by atoms with Crippen LogP contribution in [0, 0.1) is 5.41 Å². The molecule has 3 heteroatoms. The molecule has 0 radical (unpaired) electrons. The topological polar surface area (TPSA) is 30.3 Å². The number of fused-ring (bicyclic) bond motifs is 1. The van der Waals surface area contributed by atoms with Gasteiger partial charge in [0.2, 0.25) is 0 Å². The maximum Gasteiger partial charge on any atom is 0.132 e. The molecule has 1 heterocycles. The number of hydrogen-bond donors (Lipinski definition) is 1. The molecular formula is C16H17N3. The van der Waals surface area contributed by atoms with Crippen LogP contribution in [0.4, 0.5) is 11.4 Å². The van der Waals surface area contributed by atoms with Crippen molar-refractivity contribution in [1.82, 2.24) is 0 Å². The van der Waals surface area contributed by atoms with Crippen LogP contribution >= 0.6 is 0 Å². The summed E-state index contributed by atoms with van der Waals surface area (Å²) in [5.41, 5.74) is 3.27. The minimum atomic E-state index is 0.571. The van der Waals surface area contributed by atoms with Crippen molar-refractivity contribution in [2.24, 2.45) is 0 Å². The number of anilines is 2. The summed E-state index contributed by atoms with van der Waals surface area (Å²) in [4.78, 5) is 4.33. The van der Waals surface area contributed by atoms with Crippen molar-refractivity contribution < 1.29 is 0 Å². The van der Waals surface area contributed by atoms with E-state index in [1.165, 1.54) is 5.69 Å². The van der Waals surface area contributed by atoms with Crippen LogP contribution in [0.15, 0.2) is 54.6 Å². The molecule has 1 N–H and O–H groups in total. The zero-order valence-electron chi connectivity index (χ0n) is 11.0. The van der Waals surface area contributed by atoms with Gasteiger partial charge in [-0.1, -0.05) is 42.5 Å². The molecule has 3 rings (SSSR count). The second-order valence-electron chi connectivity index (χ2n) is 4.78. The molecule has 19 heavy (non-hydrogen) atoms. The number of para-hydroxylation sites is 2. The highest BCUT2D eigenvalue weighted by atomic mass is 15.3. The van der Waals surface area contributed by atoms with Crippen LogP contribution in [0.5, 0.6) is 0 Å². The Hall–Kier alpha value is -2.29. The highest BCUT2D eigenvalue weighted by Crippen LogP contribution is 2.32. The Labute approximate surface area is 113 Å². The second-order valence-corrected chi connectivity index (χ2v) is 4.78. The van der Waals surface area contributed by atoms with Gasteiger partial charge in [0.15, 0.2) is 0 Å². The van der Waals surface area contributed by atoms with E-state index in [2.05, 4.69) is 29.0 Å². The van der Waals surface area contributed by atoms with Crippen molar-refractivity contribution in [3.8, 4) is 0 Å². The molecule has 0 saturated heterocycles. The average molecular weight is 251 g/mol. The number of benzene rings is 2. The van der Waals surface area contributed by atoms with E-state index in [1.54, 1.807) is 0 Å². The standard InChI is InChI=1S/C16H17N3/c1-18-11-12-19(15-10-6-5-9-14(15)18)16(17)13-7-3-2-4-8-13/h2-10,17H,11-12H2,1H3. The first kappa shape index (κ1) is 11.8. The third kappa shape index (κ3) is 2.08. The van der Waals surface area contributed by atoms with Gasteiger partial charge in [0.25, 0.3) is 0 Å². The lowest BCUT2D eigenvalue weighted by Gasteiger charge is -2.37. The van der Waals surface area contributed by atoms with Gasteiger partial charge in [-0.05, 0) is 12.1 Å². The molecule has 0 atom stereocenters. The number of hydrogen-bond acceptors (Lipinski definition) is 2. The molecule has 0 saturated carbocycles. The molecule has 0 aromatic heterocycles. The van der Waals surface area contributed by atoms with Crippen LogP contribution < -0.4 is 9.80 Å². The number of amidine groups is 1.